The Kier molecular flexibility index (Phi) is 5.66. The molecule has 0 saturated carbocycles. The summed E-state index contributed by atoms with van der Waals surface area (Å²) in [5, 5.41) is 3.01. The maximum absolute atomic E-state index is 5.80. The molecule has 0 radical (unpaired) electrons. The number of nitrogens with one attached hydrogen (secondary N) is 1. The summed E-state index contributed by atoms with van der Waals surface area (Å²) in [5.41, 5.74) is 5.87. The zero-order valence-electron chi connectivity index (χ0n) is 12.1. The van der Waals surface area contributed by atoms with Crippen molar-refractivity contribution in [2.24, 2.45) is 16.6 Å². The second-order valence-corrected chi connectivity index (χ2v) is 5.88. The van der Waals surface area contributed by atoms with E-state index in [0.717, 1.165) is 12.5 Å². The van der Waals surface area contributed by atoms with E-state index in [2.05, 4.69) is 42.6 Å². The van der Waals surface area contributed by atoms with E-state index in [1.54, 1.807) is 6.08 Å². The maximum atomic E-state index is 5.80. The topological polar surface area (TPSA) is 53.6 Å². The molecular weight excluding hydrogens is 224 g/mol. The fraction of sp³-hybridized carbons (Fsp3) is 0.786. The van der Waals surface area contributed by atoms with Gasteiger partial charge in [0.15, 0.2) is 5.96 Å². The molecule has 1 aliphatic rings. The van der Waals surface area contributed by atoms with Gasteiger partial charge in [0, 0.05) is 18.6 Å². The normalized spacial score (nSPS) is 22.8. The first-order valence-electron chi connectivity index (χ1n) is 6.85. The second kappa shape index (κ2) is 6.78. The van der Waals surface area contributed by atoms with Crippen molar-refractivity contribution in [2.45, 2.75) is 39.2 Å². The predicted molar refractivity (Wildman–Crippen MR) is 78.7 cm³/mol. The Morgan fingerprint density at radius 1 is 1.61 bits per heavy atom. The lowest BCUT2D eigenvalue weighted by atomic mass is 9.94. The van der Waals surface area contributed by atoms with Gasteiger partial charge in [-0.1, -0.05) is 13.0 Å². The third kappa shape index (κ3) is 4.69. The summed E-state index contributed by atoms with van der Waals surface area (Å²) in [4.78, 5) is 6.96. The molecule has 1 unspecified atom stereocenters. The van der Waals surface area contributed by atoms with E-state index in [0.29, 0.717) is 12.5 Å². The molecule has 18 heavy (non-hydrogen) atoms. The van der Waals surface area contributed by atoms with E-state index >= 15 is 0 Å². The molecule has 1 heterocycles. The molecule has 1 aliphatic heterocycles. The van der Waals surface area contributed by atoms with Gasteiger partial charge in [-0.25, -0.2) is 0 Å². The fourth-order valence-electron chi connectivity index (χ4n) is 2.35. The Morgan fingerprint density at radius 2 is 2.33 bits per heavy atom. The minimum atomic E-state index is 0.0785. The van der Waals surface area contributed by atoms with Crippen molar-refractivity contribution in [1.29, 1.82) is 0 Å². The first-order chi connectivity index (χ1) is 8.45. The van der Waals surface area contributed by atoms with Gasteiger partial charge < -0.3 is 11.1 Å². The number of hydrogen-bond acceptors (Lipinski definition) is 2. The molecule has 4 heteroatoms. The zero-order valence-corrected chi connectivity index (χ0v) is 12.1. The van der Waals surface area contributed by atoms with Crippen molar-refractivity contribution in [3.63, 3.8) is 0 Å². The lowest BCUT2D eigenvalue weighted by Gasteiger charge is -2.42. The van der Waals surface area contributed by atoms with Gasteiger partial charge in [-0.05, 0) is 39.2 Å². The largest absolute Gasteiger partial charge is 0.370 e. The van der Waals surface area contributed by atoms with Gasteiger partial charge in [-0.15, -0.1) is 6.58 Å². The monoisotopic (exact) mass is 252 g/mol. The van der Waals surface area contributed by atoms with Gasteiger partial charge in [-0.3, -0.25) is 9.89 Å². The lowest BCUT2D eigenvalue weighted by molar-refractivity contribution is 0.0775. The molecule has 0 bridgehead atoms. The number of hydrogen-bond donors (Lipinski definition) is 2. The highest BCUT2D eigenvalue weighted by Crippen LogP contribution is 2.23. The first kappa shape index (κ1) is 15.0. The summed E-state index contributed by atoms with van der Waals surface area (Å²) in [5.74, 6) is 1.30. The number of aliphatic imine (C=N–C) groups is 1. The second-order valence-electron chi connectivity index (χ2n) is 5.88. The van der Waals surface area contributed by atoms with Crippen LogP contribution in [0.1, 0.15) is 33.6 Å². The average Bonchev–Trinajstić information content (AvgIpc) is 2.34. The average molecular weight is 252 g/mol. The predicted octanol–water partition coefficient (Wildman–Crippen LogP) is 1.59. The minimum absolute atomic E-state index is 0.0785. The Hall–Kier alpha value is -1.03. The standard InChI is InChI=1S/C14H28N4/c1-5-8-16-13(15)17-11-14(3,4)18-9-6-7-12(2)10-18/h5,12H,1,6-11H2,2-4H3,(H3,15,16,17). The summed E-state index contributed by atoms with van der Waals surface area (Å²) < 4.78 is 0. The third-order valence-corrected chi connectivity index (χ3v) is 3.58. The highest BCUT2D eigenvalue weighted by Gasteiger charge is 2.29. The number of rotatable bonds is 5. The van der Waals surface area contributed by atoms with Crippen LogP contribution in [-0.4, -0.2) is 42.6 Å². The van der Waals surface area contributed by atoms with Crippen LogP contribution < -0.4 is 11.1 Å². The van der Waals surface area contributed by atoms with Gasteiger partial charge >= 0.3 is 0 Å². The Labute approximate surface area is 111 Å². The first-order valence-corrected chi connectivity index (χ1v) is 6.85. The quantitative estimate of drug-likeness (QED) is 0.444. The van der Waals surface area contributed by atoms with E-state index in [-0.39, 0.29) is 5.54 Å². The Bertz CT molecular complexity index is 296. The molecule has 0 aromatic rings. The van der Waals surface area contributed by atoms with Crippen LogP contribution in [0.4, 0.5) is 0 Å². The van der Waals surface area contributed by atoms with Crippen molar-refractivity contribution in [3.8, 4) is 0 Å². The van der Waals surface area contributed by atoms with Gasteiger partial charge in [0.05, 0.1) is 6.54 Å². The number of nitrogens with zero attached hydrogens (tertiary/aromatic N) is 2. The van der Waals surface area contributed by atoms with Crippen LogP contribution in [0.3, 0.4) is 0 Å². The number of piperidine rings is 1. The maximum Gasteiger partial charge on any atom is 0.188 e. The molecule has 3 N–H and O–H groups in total. The van der Waals surface area contributed by atoms with Crippen LogP contribution in [-0.2, 0) is 0 Å². The molecule has 1 fully saturated rings. The molecule has 0 aromatic heterocycles. The summed E-state index contributed by atoms with van der Waals surface area (Å²) in [6.45, 7) is 14.2. The summed E-state index contributed by atoms with van der Waals surface area (Å²) in [6, 6.07) is 0. The van der Waals surface area contributed by atoms with E-state index in [9.17, 15) is 0 Å². The smallest absolute Gasteiger partial charge is 0.188 e. The van der Waals surface area contributed by atoms with Crippen LogP contribution >= 0.6 is 0 Å². The van der Waals surface area contributed by atoms with E-state index in [4.69, 9.17) is 5.73 Å². The highest BCUT2D eigenvalue weighted by molar-refractivity contribution is 5.77. The van der Waals surface area contributed by atoms with Gasteiger partial charge in [0.25, 0.3) is 0 Å². The number of guanidine groups is 1. The van der Waals surface area contributed by atoms with Crippen LogP contribution in [0.2, 0.25) is 0 Å². The van der Waals surface area contributed by atoms with Crippen LogP contribution in [0.15, 0.2) is 17.6 Å². The van der Waals surface area contributed by atoms with E-state index < -0.39 is 0 Å². The molecular formula is C14H28N4. The zero-order chi connectivity index (χ0) is 13.6. The number of likely N-dealkylation sites (tertiary alicyclic amines) is 1. The molecule has 0 spiro atoms. The fourth-order valence-corrected chi connectivity index (χ4v) is 2.35. The van der Waals surface area contributed by atoms with Crippen LogP contribution in [0.5, 0.6) is 0 Å². The lowest BCUT2D eigenvalue weighted by Crippen LogP contribution is -2.51. The van der Waals surface area contributed by atoms with E-state index in [1.807, 2.05) is 0 Å². The molecule has 1 saturated heterocycles. The molecule has 1 rings (SSSR count). The molecule has 1 atom stereocenters. The van der Waals surface area contributed by atoms with E-state index in [1.165, 1.54) is 25.9 Å². The SMILES string of the molecule is C=CCNC(N)=NCC(C)(C)N1CCCC(C)C1. The van der Waals surface area contributed by atoms with Crippen LogP contribution in [0, 0.1) is 5.92 Å². The molecule has 0 aromatic carbocycles. The highest BCUT2D eigenvalue weighted by atomic mass is 15.2. The minimum Gasteiger partial charge on any atom is -0.370 e. The van der Waals surface area contributed by atoms with Crippen molar-refractivity contribution in [3.05, 3.63) is 12.7 Å². The van der Waals surface area contributed by atoms with Crippen molar-refractivity contribution < 1.29 is 0 Å². The summed E-state index contributed by atoms with van der Waals surface area (Å²) in [7, 11) is 0. The summed E-state index contributed by atoms with van der Waals surface area (Å²) in [6.07, 6.45) is 4.41. The van der Waals surface area contributed by atoms with Crippen LogP contribution in [0.25, 0.3) is 0 Å². The third-order valence-electron chi connectivity index (χ3n) is 3.58. The Morgan fingerprint density at radius 3 is 2.94 bits per heavy atom. The molecule has 0 aliphatic carbocycles. The Balaban J connectivity index is 2.49. The molecule has 4 nitrogen and oxygen atoms in total. The van der Waals surface area contributed by atoms with Crippen molar-refractivity contribution in [1.82, 2.24) is 10.2 Å². The van der Waals surface area contributed by atoms with Crippen molar-refractivity contribution in [2.75, 3.05) is 26.2 Å². The van der Waals surface area contributed by atoms with Gasteiger partial charge in [0.2, 0.25) is 0 Å². The summed E-state index contributed by atoms with van der Waals surface area (Å²) >= 11 is 0. The molecule has 0 amide bonds. The van der Waals surface area contributed by atoms with Gasteiger partial charge in [-0.2, -0.15) is 0 Å². The molecule has 104 valence electrons. The number of nitrogens with two attached hydrogens (primary N) is 1. The van der Waals surface area contributed by atoms with Crippen molar-refractivity contribution >= 4 is 5.96 Å². The van der Waals surface area contributed by atoms with Gasteiger partial charge in [0.1, 0.15) is 0 Å².